The summed E-state index contributed by atoms with van der Waals surface area (Å²) in [6.07, 6.45) is 3.96. The van der Waals surface area contributed by atoms with Gasteiger partial charge in [-0.3, -0.25) is 0 Å². The van der Waals surface area contributed by atoms with Gasteiger partial charge < -0.3 is 14.2 Å². The first kappa shape index (κ1) is 17.0. The Labute approximate surface area is 151 Å². The molecule has 3 aromatic rings. The van der Waals surface area contributed by atoms with Crippen LogP contribution in [0.3, 0.4) is 0 Å². The largest absolute Gasteiger partial charge is 0.493 e. The Kier molecular flexibility index (Phi) is 5.36. The molecule has 0 spiro atoms. The molecule has 5 heteroatoms. The standard InChI is InChI=1S/C20H19NO3S/c1-22-17-11-14(12-18(23-2)19(17)24-3)9-10-16-13-25-20(21-16)15-7-5-4-6-8-15/h4-13H,1-3H3/b10-9-. The number of benzene rings is 2. The van der Waals surface area contributed by atoms with E-state index in [0.717, 1.165) is 21.8 Å². The minimum absolute atomic E-state index is 0.585. The maximum absolute atomic E-state index is 5.38. The van der Waals surface area contributed by atoms with E-state index >= 15 is 0 Å². The topological polar surface area (TPSA) is 40.6 Å². The van der Waals surface area contributed by atoms with Crippen LogP contribution in [0.4, 0.5) is 0 Å². The zero-order valence-electron chi connectivity index (χ0n) is 14.4. The molecule has 25 heavy (non-hydrogen) atoms. The van der Waals surface area contributed by atoms with Gasteiger partial charge in [-0.25, -0.2) is 4.98 Å². The SMILES string of the molecule is COc1cc(/C=C\c2csc(-c3ccccc3)n2)cc(OC)c1OC. The number of aromatic nitrogens is 1. The number of ether oxygens (including phenoxy) is 3. The highest BCUT2D eigenvalue weighted by molar-refractivity contribution is 7.13. The lowest BCUT2D eigenvalue weighted by molar-refractivity contribution is 0.324. The number of nitrogens with zero attached hydrogens (tertiary/aromatic N) is 1. The van der Waals surface area contributed by atoms with Crippen molar-refractivity contribution in [2.45, 2.75) is 0 Å². The molecule has 0 atom stereocenters. The molecular formula is C20H19NO3S. The maximum atomic E-state index is 5.38. The molecule has 128 valence electrons. The summed E-state index contributed by atoms with van der Waals surface area (Å²) in [5.41, 5.74) is 2.99. The Bertz CT molecular complexity index is 847. The first-order valence-corrected chi connectivity index (χ1v) is 8.62. The van der Waals surface area contributed by atoms with Crippen LogP contribution in [0.25, 0.3) is 22.7 Å². The highest BCUT2D eigenvalue weighted by atomic mass is 32.1. The Morgan fingerprint density at radius 2 is 1.56 bits per heavy atom. The quantitative estimate of drug-likeness (QED) is 0.625. The predicted octanol–water partition coefficient (Wildman–Crippen LogP) is 5.01. The third kappa shape index (κ3) is 3.83. The van der Waals surface area contributed by atoms with E-state index in [-0.39, 0.29) is 0 Å². The summed E-state index contributed by atoms with van der Waals surface area (Å²) >= 11 is 1.63. The van der Waals surface area contributed by atoms with Gasteiger partial charge in [-0.05, 0) is 23.8 Å². The fraction of sp³-hybridized carbons (Fsp3) is 0.150. The van der Waals surface area contributed by atoms with Gasteiger partial charge in [-0.1, -0.05) is 36.4 Å². The zero-order chi connectivity index (χ0) is 17.6. The van der Waals surface area contributed by atoms with Crippen LogP contribution in [0.1, 0.15) is 11.3 Å². The molecule has 0 amide bonds. The molecule has 0 bridgehead atoms. The van der Waals surface area contributed by atoms with Crippen molar-refractivity contribution in [3.05, 3.63) is 59.1 Å². The second-order valence-corrected chi connectivity index (χ2v) is 6.09. The van der Waals surface area contributed by atoms with Gasteiger partial charge in [0, 0.05) is 10.9 Å². The van der Waals surface area contributed by atoms with Crippen molar-refractivity contribution < 1.29 is 14.2 Å². The van der Waals surface area contributed by atoms with Crippen molar-refractivity contribution in [1.82, 2.24) is 4.98 Å². The summed E-state index contributed by atoms with van der Waals surface area (Å²) in [6, 6.07) is 14.0. The molecule has 1 aromatic heterocycles. The molecule has 2 aromatic carbocycles. The van der Waals surface area contributed by atoms with Crippen molar-refractivity contribution in [1.29, 1.82) is 0 Å². The van der Waals surface area contributed by atoms with E-state index in [2.05, 4.69) is 17.1 Å². The lowest BCUT2D eigenvalue weighted by Gasteiger charge is -2.12. The molecule has 0 unspecified atom stereocenters. The lowest BCUT2D eigenvalue weighted by atomic mass is 10.1. The zero-order valence-corrected chi connectivity index (χ0v) is 15.2. The van der Waals surface area contributed by atoms with E-state index in [1.165, 1.54) is 0 Å². The smallest absolute Gasteiger partial charge is 0.203 e. The molecule has 0 saturated heterocycles. The lowest BCUT2D eigenvalue weighted by Crippen LogP contribution is -1.95. The molecule has 0 fully saturated rings. The normalized spacial score (nSPS) is 10.8. The highest BCUT2D eigenvalue weighted by Crippen LogP contribution is 2.38. The van der Waals surface area contributed by atoms with Gasteiger partial charge in [-0.2, -0.15) is 0 Å². The minimum Gasteiger partial charge on any atom is -0.493 e. The molecule has 0 radical (unpaired) electrons. The van der Waals surface area contributed by atoms with E-state index in [1.54, 1.807) is 32.7 Å². The maximum Gasteiger partial charge on any atom is 0.203 e. The third-order valence-electron chi connectivity index (χ3n) is 3.68. The fourth-order valence-corrected chi connectivity index (χ4v) is 3.25. The summed E-state index contributed by atoms with van der Waals surface area (Å²) in [7, 11) is 4.81. The second-order valence-electron chi connectivity index (χ2n) is 5.24. The van der Waals surface area contributed by atoms with Crippen LogP contribution in [0.15, 0.2) is 47.8 Å². The number of methoxy groups -OCH3 is 3. The number of hydrogen-bond donors (Lipinski definition) is 0. The first-order chi connectivity index (χ1) is 12.2. The summed E-state index contributed by atoms with van der Waals surface area (Å²) in [6.45, 7) is 0. The molecule has 3 rings (SSSR count). The van der Waals surface area contributed by atoms with Crippen LogP contribution < -0.4 is 14.2 Å². The van der Waals surface area contributed by atoms with Gasteiger partial charge in [0.1, 0.15) is 5.01 Å². The molecule has 0 aliphatic heterocycles. The predicted molar refractivity (Wildman–Crippen MR) is 103 cm³/mol. The summed E-state index contributed by atoms with van der Waals surface area (Å²) in [5.74, 6) is 1.84. The number of hydrogen-bond acceptors (Lipinski definition) is 5. The summed E-state index contributed by atoms with van der Waals surface area (Å²) in [4.78, 5) is 4.66. The monoisotopic (exact) mass is 353 g/mol. The molecular weight excluding hydrogens is 334 g/mol. The average Bonchev–Trinajstić information content (AvgIpc) is 3.15. The van der Waals surface area contributed by atoms with Gasteiger partial charge in [0.2, 0.25) is 5.75 Å². The van der Waals surface area contributed by atoms with Gasteiger partial charge in [-0.15, -0.1) is 11.3 Å². The Morgan fingerprint density at radius 3 is 2.16 bits per heavy atom. The molecule has 1 heterocycles. The highest BCUT2D eigenvalue weighted by Gasteiger charge is 2.12. The van der Waals surface area contributed by atoms with E-state index in [4.69, 9.17) is 14.2 Å². The van der Waals surface area contributed by atoms with Gasteiger partial charge >= 0.3 is 0 Å². The molecule has 0 aliphatic rings. The van der Waals surface area contributed by atoms with E-state index < -0.39 is 0 Å². The van der Waals surface area contributed by atoms with Crippen LogP contribution in [0.5, 0.6) is 17.2 Å². The second kappa shape index (κ2) is 7.85. The van der Waals surface area contributed by atoms with Crippen molar-refractivity contribution in [2.75, 3.05) is 21.3 Å². The molecule has 0 saturated carbocycles. The number of thiazole rings is 1. The van der Waals surface area contributed by atoms with Crippen LogP contribution in [-0.2, 0) is 0 Å². The molecule has 0 N–H and O–H groups in total. The van der Waals surface area contributed by atoms with Crippen molar-refractivity contribution in [3.63, 3.8) is 0 Å². The minimum atomic E-state index is 0.585. The van der Waals surface area contributed by atoms with E-state index in [9.17, 15) is 0 Å². The van der Waals surface area contributed by atoms with Crippen LogP contribution in [0, 0.1) is 0 Å². The Morgan fingerprint density at radius 1 is 0.880 bits per heavy atom. The average molecular weight is 353 g/mol. The van der Waals surface area contributed by atoms with Gasteiger partial charge in [0.15, 0.2) is 11.5 Å². The Balaban J connectivity index is 1.86. The summed E-state index contributed by atoms with van der Waals surface area (Å²) < 4.78 is 16.1. The molecule has 0 aliphatic carbocycles. The van der Waals surface area contributed by atoms with Crippen LogP contribution in [-0.4, -0.2) is 26.3 Å². The van der Waals surface area contributed by atoms with E-state index in [0.29, 0.717) is 17.2 Å². The third-order valence-corrected chi connectivity index (χ3v) is 4.59. The fourth-order valence-electron chi connectivity index (χ4n) is 2.46. The van der Waals surface area contributed by atoms with Crippen molar-refractivity contribution >= 4 is 23.5 Å². The number of rotatable bonds is 6. The first-order valence-electron chi connectivity index (χ1n) is 7.74. The van der Waals surface area contributed by atoms with Crippen LogP contribution in [0.2, 0.25) is 0 Å². The summed E-state index contributed by atoms with van der Waals surface area (Å²) in [5, 5.41) is 3.04. The van der Waals surface area contributed by atoms with Gasteiger partial charge in [0.05, 0.1) is 27.0 Å². The Hall–Kier alpha value is -2.79. The van der Waals surface area contributed by atoms with Crippen molar-refractivity contribution in [3.8, 4) is 27.8 Å². The van der Waals surface area contributed by atoms with Crippen LogP contribution >= 0.6 is 11.3 Å². The molecule has 4 nitrogen and oxygen atoms in total. The van der Waals surface area contributed by atoms with E-state index in [1.807, 2.05) is 47.9 Å². The van der Waals surface area contributed by atoms with Crippen molar-refractivity contribution in [2.24, 2.45) is 0 Å². The van der Waals surface area contributed by atoms with Gasteiger partial charge in [0.25, 0.3) is 0 Å².